The molecule has 2 N–H and O–H groups in total. The molecule has 0 saturated carbocycles. The Bertz CT molecular complexity index is 163. The van der Waals surface area contributed by atoms with Crippen molar-refractivity contribution in [2.45, 2.75) is 19.4 Å². The molecule has 1 heterocycles. The molecule has 0 aromatic carbocycles. The minimum Gasteiger partial charge on any atom is -0.380 e. The van der Waals surface area contributed by atoms with Crippen molar-refractivity contribution < 1.29 is 4.74 Å². The molecule has 3 nitrogen and oxygen atoms in total. The van der Waals surface area contributed by atoms with E-state index in [0.717, 1.165) is 32.2 Å². The summed E-state index contributed by atoms with van der Waals surface area (Å²) in [5.74, 6) is 3.37. The first-order valence-electron chi connectivity index (χ1n) is 5.85. The lowest BCUT2D eigenvalue weighted by Gasteiger charge is -2.31. The third kappa shape index (κ3) is 4.31. The van der Waals surface area contributed by atoms with Gasteiger partial charge < -0.3 is 10.5 Å². The van der Waals surface area contributed by atoms with Crippen LogP contribution in [0.5, 0.6) is 0 Å². The maximum atomic E-state index is 5.87. The highest BCUT2D eigenvalue weighted by atomic mass is 32.2. The van der Waals surface area contributed by atoms with Crippen molar-refractivity contribution in [2.75, 3.05) is 44.9 Å². The predicted octanol–water partition coefficient (Wildman–Crippen LogP) is 1.04. The Morgan fingerprint density at radius 1 is 1.60 bits per heavy atom. The van der Waals surface area contributed by atoms with Crippen molar-refractivity contribution in [1.82, 2.24) is 4.90 Å². The van der Waals surface area contributed by atoms with Crippen LogP contribution in [-0.2, 0) is 4.74 Å². The zero-order valence-corrected chi connectivity index (χ0v) is 10.8. The second kappa shape index (κ2) is 7.49. The molecular weight excluding hydrogens is 208 g/mol. The summed E-state index contributed by atoms with van der Waals surface area (Å²) in [6.07, 6.45) is 1.32. The number of nitrogens with two attached hydrogens (primary N) is 1. The van der Waals surface area contributed by atoms with Crippen LogP contribution in [0.3, 0.4) is 0 Å². The molecular formula is C11H24N2OS. The number of hydrogen-bond acceptors (Lipinski definition) is 4. The van der Waals surface area contributed by atoms with Gasteiger partial charge in [0.05, 0.1) is 6.61 Å². The van der Waals surface area contributed by atoms with Gasteiger partial charge in [0.25, 0.3) is 0 Å². The Morgan fingerprint density at radius 3 is 2.93 bits per heavy atom. The zero-order chi connectivity index (χ0) is 11.1. The summed E-state index contributed by atoms with van der Waals surface area (Å²) in [5, 5.41) is 0. The van der Waals surface area contributed by atoms with Gasteiger partial charge in [-0.2, -0.15) is 11.8 Å². The molecule has 0 spiro atoms. The molecule has 90 valence electrons. The lowest BCUT2D eigenvalue weighted by Crippen LogP contribution is -2.44. The first-order chi connectivity index (χ1) is 7.29. The van der Waals surface area contributed by atoms with E-state index in [4.69, 9.17) is 10.5 Å². The van der Waals surface area contributed by atoms with Gasteiger partial charge in [0, 0.05) is 25.7 Å². The first kappa shape index (κ1) is 13.3. The van der Waals surface area contributed by atoms with Gasteiger partial charge in [-0.15, -0.1) is 0 Å². The molecule has 15 heavy (non-hydrogen) atoms. The Morgan fingerprint density at radius 2 is 2.40 bits per heavy atom. The number of hydrogen-bond donors (Lipinski definition) is 1. The molecule has 1 fully saturated rings. The summed E-state index contributed by atoms with van der Waals surface area (Å²) < 4.78 is 5.37. The van der Waals surface area contributed by atoms with Crippen LogP contribution in [-0.4, -0.2) is 55.8 Å². The molecule has 0 bridgehead atoms. The summed E-state index contributed by atoms with van der Waals surface area (Å²) in [7, 11) is 2.17. The average molecular weight is 232 g/mol. The van der Waals surface area contributed by atoms with Gasteiger partial charge in [-0.05, 0) is 37.8 Å². The second-order valence-electron chi connectivity index (χ2n) is 4.10. The van der Waals surface area contributed by atoms with E-state index in [2.05, 4.69) is 23.7 Å². The van der Waals surface area contributed by atoms with E-state index < -0.39 is 0 Å². The number of nitrogens with zero attached hydrogens (tertiary/aromatic N) is 1. The van der Waals surface area contributed by atoms with Gasteiger partial charge in [0.2, 0.25) is 0 Å². The molecule has 0 aromatic heterocycles. The smallest absolute Gasteiger partial charge is 0.0593 e. The van der Waals surface area contributed by atoms with Crippen LogP contribution < -0.4 is 5.73 Å². The minimum atomic E-state index is 0.542. The van der Waals surface area contributed by atoms with Crippen molar-refractivity contribution >= 4 is 11.8 Å². The van der Waals surface area contributed by atoms with Crippen LogP contribution in [0.25, 0.3) is 0 Å². The van der Waals surface area contributed by atoms with Gasteiger partial charge in [-0.25, -0.2) is 0 Å². The largest absolute Gasteiger partial charge is 0.380 e. The lowest BCUT2D eigenvalue weighted by atomic mass is 9.98. The van der Waals surface area contributed by atoms with E-state index in [1.165, 1.54) is 17.9 Å². The standard InChI is InChI=1S/C11H24N2OS/c1-3-14-6-5-13(2)11(8-12)10-4-7-15-9-10/h10-11H,3-9,12H2,1-2H3. The summed E-state index contributed by atoms with van der Waals surface area (Å²) in [4.78, 5) is 2.37. The summed E-state index contributed by atoms with van der Waals surface area (Å²) >= 11 is 2.06. The fourth-order valence-electron chi connectivity index (χ4n) is 2.11. The molecule has 1 rings (SSSR count). The third-order valence-corrected chi connectivity index (χ3v) is 4.30. The average Bonchev–Trinajstić information content (AvgIpc) is 2.73. The summed E-state index contributed by atoms with van der Waals surface area (Å²) in [6.45, 7) is 5.43. The van der Waals surface area contributed by atoms with Gasteiger partial charge in [-0.3, -0.25) is 4.90 Å². The molecule has 1 saturated heterocycles. The first-order valence-corrected chi connectivity index (χ1v) is 7.00. The quantitative estimate of drug-likeness (QED) is 0.666. The van der Waals surface area contributed by atoms with Gasteiger partial charge in [-0.1, -0.05) is 0 Å². The topological polar surface area (TPSA) is 38.5 Å². The Kier molecular flexibility index (Phi) is 6.64. The molecule has 0 radical (unpaired) electrons. The molecule has 0 amide bonds. The van der Waals surface area contributed by atoms with Crippen LogP contribution in [0.1, 0.15) is 13.3 Å². The minimum absolute atomic E-state index is 0.542. The van der Waals surface area contributed by atoms with Crippen molar-refractivity contribution in [3.8, 4) is 0 Å². The summed E-state index contributed by atoms with van der Waals surface area (Å²) in [5.41, 5.74) is 5.87. The molecule has 1 aliphatic heterocycles. The monoisotopic (exact) mass is 232 g/mol. The SMILES string of the molecule is CCOCCN(C)C(CN)C1CCSC1. The Balaban J connectivity index is 2.28. The highest BCUT2D eigenvalue weighted by Gasteiger charge is 2.26. The van der Waals surface area contributed by atoms with E-state index in [1.807, 2.05) is 6.92 Å². The van der Waals surface area contributed by atoms with Crippen molar-refractivity contribution in [1.29, 1.82) is 0 Å². The Labute approximate surface area is 97.7 Å². The van der Waals surface area contributed by atoms with Gasteiger partial charge in [0.1, 0.15) is 0 Å². The van der Waals surface area contributed by atoms with Crippen LogP contribution >= 0.6 is 11.8 Å². The van der Waals surface area contributed by atoms with Crippen LogP contribution in [0.2, 0.25) is 0 Å². The lowest BCUT2D eigenvalue weighted by molar-refractivity contribution is 0.0967. The fourth-order valence-corrected chi connectivity index (χ4v) is 3.43. The van der Waals surface area contributed by atoms with E-state index in [0.29, 0.717) is 6.04 Å². The molecule has 2 unspecified atom stereocenters. The van der Waals surface area contributed by atoms with Crippen LogP contribution in [0, 0.1) is 5.92 Å². The predicted molar refractivity (Wildman–Crippen MR) is 67.4 cm³/mol. The van der Waals surface area contributed by atoms with Crippen molar-refractivity contribution in [3.63, 3.8) is 0 Å². The number of thioether (sulfide) groups is 1. The zero-order valence-electron chi connectivity index (χ0n) is 9.95. The van der Waals surface area contributed by atoms with Crippen LogP contribution in [0.15, 0.2) is 0 Å². The molecule has 0 aromatic rings. The van der Waals surface area contributed by atoms with E-state index in [1.54, 1.807) is 0 Å². The maximum Gasteiger partial charge on any atom is 0.0593 e. The number of ether oxygens (including phenoxy) is 1. The highest BCUT2D eigenvalue weighted by Crippen LogP contribution is 2.27. The Hall–Kier alpha value is 0.230. The molecule has 4 heteroatoms. The molecule has 2 atom stereocenters. The normalized spacial score (nSPS) is 23.6. The molecule has 0 aliphatic carbocycles. The number of likely N-dealkylation sites (N-methyl/N-ethyl adjacent to an activating group) is 1. The number of rotatable bonds is 7. The third-order valence-electron chi connectivity index (χ3n) is 3.11. The fraction of sp³-hybridized carbons (Fsp3) is 1.00. The molecule has 1 aliphatic rings. The van der Waals surface area contributed by atoms with Gasteiger partial charge >= 0.3 is 0 Å². The van der Waals surface area contributed by atoms with E-state index in [-0.39, 0.29) is 0 Å². The maximum absolute atomic E-state index is 5.87. The second-order valence-corrected chi connectivity index (χ2v) is 5.25. The van der Waals surface area contributed by atoms with Crippen molar-refractivity contribution in [2.24, 2.45) is 11.7 Å². The van der Waals surface area contributed by atoms with E-state index in [9.17, 15) is 0 Å². The highest BCUT2D eigenvalue weighted by molar-refractivity contribution is 7.99. The summed E-state index contributed by atoms with van der Waals surface area (Å²) in [6, 6.07) is 0.542. The van der Waals surface area contributed by atoms with Crippen molar-refractivity contribution in [3.05, 3.63) is 0 Å². The van der Waals surface area contributed by atoms with E-state index >= 15 is 0 Å². The van der Waals surface area contributed by atoms with Crippen LogP contribution in [0.4, 0.5) is 0 Å². The van der Waals surface area contributed by atoms with Gasteiger partial charge in [0.15, 0.2) is 0 Å².